The summed E-state index contributed by atoms with van der Waals surface area (Å²) < 4.78 is 11.5. The third-order valence-corrected chi connectivity index (χ3v) is 4.67. The first-order chi connectivity index (χ1) is 11.0. The number of phenols is 1. The molecule has 1 unspecified atom stereocenters. The molecule has 5 nitrogen and oxygen atoms in total. The first kappa shape index (κ1) is 14.2. The fourth-order valence-electron chi connectivity index (χ4n) is 3.58. The van der Waals surface area contributed by atoms with Crippen LogP contribution >= 0.6 is 0 Å². The number of carbonyl (C=O) groups is 1. The van der Waals surface area contributed by atoms with Crippen LogP contribution in [0.1, 0.15) is 42.3 Å². The molecule has 1 aromatic carbocycles. The molecular formula is C18H18O5. The van der Waals surface area contributed by atoms with Crippen molar-refractivity contribution < 1.29 is 23.8 Å². The number of fused-ring (bicyclic) bond motifs is 2. The Morgan fingerprint density at radius 1 is 1.17 bits per heavy atom. The Kier molecular flexibility index (Phi) is 2.95. The molecule has 1 saturated carbocycles. The van der Waals surface area contributed by atoms with Gasteiger partial charge >= 0.3 is 5.97 Å². The molecule has 1 fully saturated rings. The molecule has 3 aromatic rings. The third kappa shape index (κ3) is 2.19. The topological polar surface area (TPSA) is 83.8 Å². The van der Waals surface area contributed by atoms with E-state index in [1.807, 2.05) is 19.9 Å². The molecule has 0 aliphatic heterocycles. The average molecular weight is 314 g/mol. The summed E-state index contributed by atoms with van der Waals surface area (Å²) in [6.45, 7) is 3.64. The summed E-state index contributed by atoms with van der Waals surface area (Å²) in [4.78, 5) is 11.4. The van der Waals surface area contributed by atoms with E-state index in [9.17, 15) is 15.0 Å². The molecule has 0 saturated heterocycles. The summed E-state index contributed by atoms with van der Waals surface area (Å²) in [7, 11) is 0. The van der Waals surface area contributed by atoms with Gasteiger partial charge in [0.05, 0.1) is 11.8 Å². The van der Waals surface area contributed by atoms with Gasteiger partial charge in [-0.1, -0.05) is 0 Å². The minimum Gasteiger partial charge on any atom is -0.504 e. The SMILES string of the molecule is Cc1cc2c(C(CC(=O)O)C3CC3)c3oc(C)cc3c(O)c2o1. The molecule has 2 heterocycles. The second-order valence-corrected chi connectivity index (χ2v) is 6.50. The van der Waals surface area contributed by atoms with Gasteiger partial charge in [-0.05, 0) is 44.7 Å². The smallest absolute Gasteiger partial charge is 0.303 e. The molecule has 0 bridgehead atoms. The van der Waals surface area contributed by atoms with Gasteiger partial charge in [-0.2, -0.15) is 0 Å². The molecule has 1 aliphatic rings. The number of carboxylic acid groups (broad SMARTS) is 1. The zero-order valence-corrected chi connectivity index (χ0v) is 13.0. The van der Waals surface area contributed by atoms with Crippen LogP contribution in [0.4, 0.5) is 0 Å². The van der Waals surface area contributed by atoms with Crippen molar-refractivity contribution >= 4 is 27.9 Å². The van der Waals surface area contributed by atoms with Crippen LogP contribution in [0.5, 0.6) is 5.75 Å². The van der Waals surface area contributed by atoms with Gasteiger partial charge in [-0.15, -0.1) is 0 Å². The fourth-order valence-corrected chi connectivity index (χ4v) is 3.58. The lowest BCUT2D eigenvalue weighted by atomic mass is 9.87. The number of aromatic hydroxyl groups is 1. The number of carboxylic acids is 1. The van der Waals surface area contributed by atoms with E-state index in [0.29, 0.717) is 34.0 Å². The van der Waals surface area contributed by atoms with Gasteiger partial charge in [0.1, 0.15) is 17.1 Å². The highest BCUT2D eigenvalue weighted by Gasteiger charge is 2.37. The van der Waals surface area contributed by atoms with Gasteiger partial charge in [-0.3, -0.25) is 4.79 Å². The minimum atomic E-state index is -0.820. The van der Waals surface area contributed by atoms with E-state index in [4.69, 9.17) is 8.83 Å². The highest BCUT2D eigenvalue weighted by Crippen LogP contribution is 2.51. The Balaban J connectivity index is 2.08. The Labute approximate surface area is 132 Å². The van der Waals surface area contributed by atoms with Crippen molar-refractivity contribution in [2.24, 2.45) is 5.92 Å². The van der Waals surface area contributed by atoms with Gasteiger partial charge in [0, 0.05) is 16.9 Å². The molecule has 1 aliphatic carbocycles. The van der Waals surface area contributed by atoms with Crippen LogP contribution in [0.3, 0.4) is 0 Å². The number of phenolic OH excluding ortho intramolecular Hbond substituents is 1. The van der Waals surface area contributed by atoms with Gasteiger partial charge in [0.25, 0.3) is 0 Å². The summed E-state index contributed by atoms with van der Waals surface area (Å²) in [5.41, 5.74) is 1.87. The normalized spacial score (nSPS) is 16.3. The van der Waals surface area contributed by atoms with Crippen molar-refractivity contribution in [3.05, 3.63) is 29.2 Å². The molecule has 2 aromatic heterocycles. The molecule has 0 amide bonds. The van der Waals surface area contributed by atoms with Gasteiger partial charge in [0.15, 0.2) is 11.3 Å². The van der Waals surface area contributed by atoms with E-state index in [1.165, 1.54) is 0 Å². The standard InChI is InChI=1S/C18H18O5/c1-8-5-12-15(11(7-14(19)20)10-3-4-10)17-13(6-9(2)22-17)16(21)18(12)23-8/h5-6,10-11,21H,3-4,7H2,1-2H3,(H,19,20). The lowest BCUT2D eigenvalue weighted by Gasteiger charge is -2.16. The van der Waals surface area contributed by atoms with Gasteiger partial charge in [0.2, 0.25) is 0 Å². The summed E-state index contributed by atoms with van der Waals surface area (Å²) >= 11 is 0. The van der Waals surface area contributed by atoms with Crippen LogP contribution in [0.15, 0.2) is 21.0 Å². The molecule has 5 heteroatoms. The quantitative estimate of drug-likeness (QED) is 0.742. The van der Waals surface area contributed by atoms with E-state index in [-0.39, 0.29) is 18.1 Å². The van der Waals surface area contributed by atoms with Crippen LogP contribution in [0.2, 0.25) is 0 Å². The maximum absolute atomic E-state index is 11.4. The number of aryl methyl sites for hydroxylation is 2. The van der Waals surface area contributed by atoms with Crippen molar-refractivity contribution in [2.75, 3.05) is 0 Å². The number of hydrogen-bond acceptors (Lipinski definition) is 4. The molecule has 2 N–H and O–H groups in total. The van der Waals surface area contributed by atoms with Gasteiger partial charge < -0.3 is 19.0 Å². The van der Waals surface area contributed by atoms with Crippen molar-refractivity contribution in [1.82, 2.24) is 0 Å². The third-order valence-electron chi connectivity index (χ3n) is 4.67. The van der Waals surface area contributed by atoms with E-state index in [0.717, 1.165) is 23.8 Å². The van der Waals surface area contributed by atoms with E-state index in [1.54, 1.807) is 6.07 Å². The number of hydrogen-bond donors (Lipinski definition) is 2. The molecule has 0 radical (unpaired) electrons. The Morgan fingerprint density at radius 3 is 2.39 bits per heavy atom. The van der Waals surface area contributed by atoms with Crippen molar-refractivity contribution in [3.63, 3.8) is 0 Å². The summed E-state index contributed by atoms with van der Waals surface area (Å²) in [5, 5.41) is 21.2. The number of furan rings is 2. The van der Waals surface area contributed by atoms with Crippen molar-refractivity contribution in [1.29, 1.82) is 0 Å². The second-order valence-electron chi connectivity index (χ2n) is 6.50. The summed E-state index contributed by atoms with van der Waals surface area (Å²) in [6, 6.07) is 3.63. The molecule has 120 valence electrons. The van der Waals surface area contributed by atoms with E-state index >= 15 is 0 Å². The van der Waals surface area contributed by atoms with Crippen molar-refractivity contribution in [3.8, 4) is 5.75 Å². The Hall–Kier alpha value is -2.43. The minimum absolute atomic E-state index is 0.0591. The van der Waals surface area contributed by atoms with Crippen LogP contribution in [-0.4, -0.2) is 16.2 Å². The summed E-state index contributed by atoms with van der Waals surface area (Å²) in [6.07, 6.45) is 2.11. The lowest BCUT2D eigenvalue weighted by molar-refractivity contribution is -0.137. The predicted molar refractivity (Wildman–Crippen MR) is 84.8 cm³/mol. The number of aliphatic carboxylic acids is 1. The molecule has 23 heavy (non-hydrogen) atoms. The maximum atomic E-state index is 11.4. The second kappa shape index (κ2) is 4.78. The molecule has 4 rings (SSSR count). The first-order valence-corrected chi connectivity index (χ1v) is 7.82. The van der Waals surface area contributed by atoms with Crippen LogP contribution in [0.25, 0.3) is 21.9 Å². The average Bonchev–Trinajstić information content (AvgIpc) is 3.14. The predicted octanol–water partition coefficient (Wildman–Crippen LogP) is 4.47. The number of benzene rings is 1. The van der Waals surface area contributed by atoms with E-state index in [2.05, 4.69) is 0 Å². The highest BCUT2D eigenvalue weighted by molar-refractivity contribution is 6.05. The summed E-state index contributed by atoms with van der Waals surface area (Å²) in [5.74, 6) is 0.841. The Morgan fingerprint density at radius 2 is 1.78 bits per heavy atom. The van der Waals surface area contributed by atoms with Gasteiger partial charge in [-0.25, -0.2) is 0 Å². The fraction of sp³-hybridized carbons (Fsp3) is 0.389. The monoisotopic (exact) mass is 314 g/mol. The molecule has 1 atom stereocenters. The zero-order chi connectivity index (χ0) is 16.3. The first-order valence-electron chi connectivity index (χ1n) is 7.82. The van der Waals surface area contributed by atoms with Crippen LogP contribution in [0, 0.1) is 19.8 Å². The van der Waals surface area contributed by atoms with E-state index < -0.39 is 5.97 Å². The largest absolute Gasteiger partial charge is 0.504 e. The number of rotatable bonds is 4. The molecule has 0 spiro atoms. The van der Waals surface area contributed by atoms with Crippen LogP contribution in [-0.2, 0) is 4.79 Å². The maximum Gasteiger partial charge on any atom is 0.303 e. The zero-order valence-electron chi connectivity index (χ0n) is 13.0. The molecular weight excluding hydrogens is 296 g/mol. The van der Waals surface area contributed by atoms with Crippen molar-refractivity contribution in [2.45, 2.75) is 39.0 Å². The van der Waals surface area contributed by atoms with Crippen LogP contribution < -0.4 is 0 Å². The lowest BCUT2D eigenvalue weighted by Crippen LogP contribution is -2.09. The Bertz CT molecular complexity index is 868. The highest BCUT2D eigenvalue weighted by atomic mass is 16.4.